The van der Waals surface area contributed by atoms with Crippen molar-refractivity contribution in [1.82, 2.24) is 5.32 Å². The molecule has 2 aromatic carbocycles. The maximum atomic E-state index is 14.6. The summed E-state index contributed by atoms with van der Waals surface area (Å²) in [6.45, 7) is 3.06. The van der Waals surface area contributed by atoms with E-state index in [0.717, 1.165) is 17.7 Å². The van der Waals surface area contributed by atoms with E-state index in [0.29, 0.717) is 30.0 Å². The standard InChI is InChI=1S/C21H23FN2O3.ClH/c1-3-4-14-5-8-18(19(11-14)26-2)27-13-20(25)24-17-7-6-15-12-23-10-9-16(15)21(17)22;/h3-8,11,23H,9-10,12-13H2,1-2H3,(H,24,25);1H/b4-3+;. The predicted octanol–water partition coefficient (Wildman–Crippen LogP) is 3.95. The van der Waals surface area contributed by atoms with E-state index in [1.165, 1.54) is 0 Å². The number of carbonyl (C=O) groups excluding carboxylic acids is 1. The van der Waals surface area contributed by atoms with Crippen molar-refractivity contribution in [3.63, 3.8) is 0 Å². The van der Waals surface area contributed by atoms with Gasteiger partial charge in [-0.15, -0.1) is 12.4 Å². The maximum Gasteiger partial charge on any atom is 0.262 e. The van der Waals surface area contributed by atoms with Crippen molar-refractivity contribution in [2.75, 3.05) is 25.6 Å². The highest BCUT2D eigenvalue weighted by Gasteiger charge is 2.18. The Hall–Kier alpha value is -2.57. The van der Waals surface area contributed by atoms with Crippen LogP contribution in [-0.4, -0.2) is 26.2 Å². The lowest BCUT2D eigenvalue weighted by molar-refractivity contribution is -0.118. The minimum Gasteiger partial charge on any atom is -0.493 e. The van der Waals surface area contributed by atoms with Crippen molar-refractivity contribution in [2.45, 2.75) is 19.9 Å². The van der Waals surface area contributed by atoms with Crippen molar-refractivity contribution in [2.24, 2.45) is 0 Å². The molecule has 1 heterocycles. The monoisotopic (exact) mass is 406 g/mol. The van der Waals surface area contributed by atoms with Crippen molar-refractivity contribution in [1.29, 1.82) is 0 Å². The molecule has 0 aromatic heterocycles. The van der Waals surface area contributed by atoms with E-state index in [4.69, 9.17) is 9.47 Å². The van der Waals surface area contributed by atoms with Crippen LogP contribution in [0.1, 0.15) is 23.6 Å². The number of halogens is 2. The Morgan fingerprint density at radius 1 is 1.29 bits per heavy atom. The molecule has 150 valence electrons. The van der Waals surface area contributed by atoms with Crippen LogP contribution >= 0.6 is 12.4 Å². The zero-order valence-corrected chi connectivity index (χ0v) is 16.7. The Morgan fingerprint density at radius 3 is 2.86 bits per heavy atom. The van der Waals surface area contributed by atoms with Gasteiger partial charge >= 0.3 is 0 Å². The molecule has 0 spiro atoms. The van der Waals surface area contributed by atoms with Gasteiger partial charge in [-0.3, -0.25) is 4.79 Å². The minimum absolute atomic E-state index is 0. The summed E-state index contributed by atoms with van der Waals surface area (Å²) in [6, 6.07) is 8.86. The molecule has 3 rings (SSSR count). The first-order valence-electron chi connectivity index (χ1n) is 8.86. The number of methoxy groups -OCH3 is 1. The molecule has 0 saturated heterocycles. The van der Waals surface area contributed by atoms with Crippen LogP contribution in [0.5, 0.6) is 11.5 Å². The first-order valence-corrected chi connectivity index (χ1v) is 8.86. The number of hydrogen-bond acceptors (Lipinski definition) is 4. The summed E-state index contributed by atoms with van der Waals surface area (Å²) >= 11 is 0. The van der Waals surface area contributed by atoms with Crippen LogP contribution in [0.3, 0.4) is 0 Å². The first-order chi connectivity index (χ1) is 13.1. The lowest BCUT2D eigenvalue weighted by Gasteiger charge is -2.19. The van der Waals surface area contributed by atoms with Gasteiger partial charge in [0.1, 0.15) is 5.82 Å². The average molecular weight is 407 g/mol. The molecule has 0 fully saturated rings. The second kappa shape index (κ2) is 10.1. The number of carbonyl (C=O) groups is 1. The Balaban J connectivity index is 0.00000280. The number of benzene rings is 2. The molecule has 1 amide bonds. The lowest BCUT2D eigenvalue weighted by Crippen LogP contribution is -2.26. The number of rotatable bonds is 6. The fourth-order valence-corrected chi connectivity index (χ4v) is 3.06. The molecule has 1 aliphatic rings. The highest BCUT2D eigenvalue weighted by molar-refractivity contribution is 5.92. The zero-order valence-electron chi connectivity index (χ0n) is 15.9. The van der Waals surface area contributed by atoms with E-state index in [1.807, 2.05) is 37.3 Å². The van der Waals surface area contributed by atoms with Crippen LogP contribution in [0.25, 0.3) is 6.08 Å². The fourth-order valence-electron chi connectivity index (χ4n) is 3.06. The third-order valence-electron chi connectivity index (χ3n) is 4.39. The second-order valence-corrected chi connectivity index (χ2v) is 6.24. The van der Waals surface area contributed by atoms with E-state index in [1.54, 1.807) is 19.2 Å². The number of anilines is 1. The molecule has 1 aliphatic heterocycles. The number of hydrogen-bond donors (Lipinski definition) is 2. The molecule has 5 nitrogen and oxygen atoms in total. The van der Waals surface area contributed by atoms with Gasteiger partial charge in [0.15, 0.2) is 18.1 Å². The van der Waals surface area contributed by atoms with Crippen LogP contribution in [0.2, 0.25) is 0 Å². The van der Waals surface area contributed by atoms with Crippen molar-refractivity contribution in [3.05, 3.63) is 58.9 Å². The molecule has 2 N–H and O–H groups in total. The number of amides is 1. The predicted molar refractivity (Wildman–Crippen MR) is 111 cm³/mol. The molecule has 0 unspecified atom stereocenters. The maximum absolute atomic E-state index is 14.6. The molecule has 0 radical (unpaired) electrons. The number of allylic oxidation sites excluding steroid dienone is 1. The van der Waals surface area contributed by atoms with Gasteiger partial charge in [-0.25, -0.2) is 4.39 Å². The first kappa shape index (κ1) is 21.7. The van der Waals surface area contributed by atoms with E-state index < -0.39 is 5.91 Å². The summed E-state index contributed by atoms with van der Waals surface area (Å²) in [4.78, 5) is 12.2. The molecule has 0 atom stereocenters. The summed E-state index contributed by atoms with van der Waals surface area (Å²) in [5, 5.41) is 5.79. The van der Waals surface area contributed by atoms with Crippen LogP contribution in [-0.2, 0) is 17.8 Å². The quantitative estimate of drug-likeness (QED) is 0.762. The largest absolute Gasteiger partial charge is 0.493 e. The molecule has 0 bridgehead atoms. The molecular weight excluding hydrogens is 383 g/mol. The smallest absolute Gasteiger partial charge is 0.262 e. The number of ether oxygens (including phenoxy) is 2. The topological polar surface area (TPSA) is 59.6 Å². The molecule has 0 aliphatic carbocycles. The van der Waals surface area contributed by atoms with Crippen molar-refractivity contribution < 1.29 is 18.7 Å². The highest BCUT2D eigenvalue weighted by Crippen LogP contribution is 2.29. The zero-order chi connectivity index (χ0) is 19.2. The third kappa shape index (κ3) is 5.03. The van der Waals surface area contributed by atoms with Gasteiger partial charge in [0, 0.05) is 6.54 Å². The van der Waals surface area contributed by atoms with Gasteiger partial charge in [-0.1, -0.05) is 24.3 Å². The van der Waals surface area contributed by atoms with Gasteiger partial charge < -0.3 is 20.1 Å². The van der Waals surface area contributed by atoms with Crippen LogP contribution in [0.4, 0.5) is 10.1 Å². The van der Waals surface area contributed by atoms with Crippen LogP contribution in [0, 0.1) is 5.82 Å². The van der Waals surface area contributed by atoms with Crippen LogP contribution < -0.4 is 20.1 Å². The van der Waals surface area contributed by atoms with Crippen molar-refractivity contribution in [3.8, 4) is 11.5 Å². The fraction of sp³-hybridized carbons (Fsp3) is 0.286. The van der Waals surface area contributed by atoms with Gasteiger partial charge in [0.2, 0.25) is 0 Å². The summed E-state index contributed by atoms with van der Waals surface area (Å²) < 4.78 is 25.5. The second-order valence-electron chi connectivity index (χ2n) is 6.24. The van der Waals surface area contributed by atoms with Gasteiger partial charge in [-0.05, 0) is 54.8 Å². The molecule has 0 saturated carbocycles. The normalized spacial score (nSPS) is 12.8. The Bertz CT molecular complexity index is 871. The summed E-state index contributed by atoms with van der Waals surface area (Å²) in [6.07, 6.45) is 4.47. The average Bonchev–Trinajstić information content (AvgIpc) is 2.69. The SMILES string of the molecule is C/C=C/c1ccc(OCC(=O)Nc2ccc3c(c2F)CCNC3)c(OC)c1.Cl. The Kier molecular flexibility index (Phi) is 7.84. The molecular formula is C21H24ClFN2O3. The van der Waals surface area contributed by atoms with Gasteiger partial charge in [0.25, 0.3) is 5.91 Å². The minimum atomic E-state index is -0.428. The van der Waals surface area contributed by atoms with Crippen LogP contribution in [0.15, 0.2) is 36.4 Å². The van der Waals surface area contributed by atoms with E-state index in [2.05, 4.69) is 10.6 Å². The van der Waals surface area contributed by atoms with E-state index in [9.17, 15) is 9.18 Å². The lowest BCUT2D eigenvalue weighted by atomic mass is 9.99. The van der Waals surface area contributed by atoms with Gasteiger partial charge in [0.05, 0.1) is 12.8 Å². The molecule has 2 aromatic rings. The summed E-state index contributed by atoms with van der Waals surface area (Å²) in [7, 11) is 1.54. The van der Waals surface area contributed by atoms with Crippen molar-refractivity contribution >= 4 is 30.1 Å². The Morgan fingerprint density at radius 2 is 2.11 bits per heavy atom. The van der Waals surface area contributed by atoms with E-state index >= 15 is 0 Å². The van der Waals surface area contributed by atoms with Gasteiger partial charge in [-0.2, -0.15) is 0 Å². The Labute approximate surface area is 170 Å². The number of nitrogens with one attached hydrogen (secondary N) is 2. The summed E-state index contributed by atoms with van der Waals surface area (Å²) in [5.74, 6) is 0.196. The summed E-state index contributed by atoms with van der Waals surface area (Å²) in [5.41, 5.74) is 2.74. The van der Waals surface area contributed by atoms with E-state index in [-0.39, 0.29) is 30.5 Å². The highest BCUT2D eigenvalue weighted by atomic mass is 35.5. The molecule has 28 heavy (non-hydrogen) atoms. The molecule has 7 heteroatoms. The number of fused-ring (bicyclic) bond motifs is 1. The third-order valence-corrected chi connectivity index (χ3v) is 4.39.